The molecular weight excluding hydrogens is 425 g/mol. The van der Waals surface area contributed by atoms with Gasteiger partial charge in [0.05, 0.1) is 18.3 Å². The maximum absolute atomic E-state index is 14.5. The van der Waals surface area contributed by atoms with Crippen LogP contribution in [-0.2, 0) is 4.79 Å². The number of piperazine rings is 1. The first-order valence-corrected chi connectivity index (χ1v) is 11.5. The summed E-state index contributed by atoms with van der Waals surface area (Å²) in [5, 5.41) is 5.19. The molecule has 2 aromatic carbocycles. The van der Waals surface area contributed by atoms with E-state index in [9.17, 15) is 14.0 Å². The van der Waals surface area contributed by atoms with Crippen molar-refractivity contribution in [2.75, 3.05) is 37.6 Å². The van der Waals surface area contributed by atoms with Crippen molar-refractivity contribution in [3.8, 4) is 0 Å². The number of amides is 1. The second kappa shape index (κ2) is 10.1. The van der Waals surface area contributed by atoms with Crippen LogP contribution < -0.4 is 10.2 Å². The van der Waals surface area contributed by atoms with Gasteiger partial charge in [-0.2, -0.15) is 0 Å². The second-order valence-corrected chi connectivity index (χ2v) is 8.89. The van der Waals surface area contributed by atoms with Gasteiger partial charge in [-0.05, 0) is 42.1 Å². The molecule has 1 saturated heterocycles. The zero-order valence-corrected chi connectivity index (χ0v) is 18.8. The van der Waals surface area contributed by atoms with Crippen LogP contribution in [0.25, 0.3) is 0 Å². The van der Waals surface area contributed by atoms with Crippen LogP contribution in [0, 0.1) is 5.82 Å². The van der Waals surface area contributed by atoms with Crippen LogP contribution in [0.4, 0.5) is 10.1 Å². The second-order valence-electron chi connectivity index (χ2n) is 7.91. The van der Waals surface area contributed by atoms with Crippen molar-refractivity contribution < 1.29 is 14.0 Å². The normalized spacial score (nSPS) is 15.4. The van der Waals surface area contributed by atoms with Gasteiger partial charge in [0, 0.05) is 36.6 Å². The third kappa shape index (κ3) is 5.23. The number of Topliss-reactive ketones (excluding diaryl/α,β-unsaturated/α-hetero) is 1. The first-order valence-electron chi connectivity index (χ1n) is 10.7. The van der Waals surface area contributed by atoms with Crippen molar-refractivity contribution in [1.82, 2.24) is 10.2 Å². The van der Waals surface area contributed by atoms with Gasteiger partial charge in [0.1, 0.15) is 5.82 Å². The number of thiophene rings is 1. The van der Waals surface area contributed by atoms with E-state index in [1.807, 2.05) is 52.7 Å². The lowest BCUT2D eigenvalue weighted by Gasteiger charge is -2.36. The molecule has 0 aliphatic carbocycles. The highest BCUT2D eigenvalue weighted by atomic mass is 32.1. The summed E-state index contributed by atoms with van der Waals surface area (Å²) in [7, 11) is 0. The van der Waals surface area contributed by atoms with Crippen LogP contribution in [-0.4, -0.2) is 49.3 Å². The Bertz CT molecular complexity index is 1060. The zero-order chi connectivity index (χ0) is 22.5. The first kappa shape index (κ1) is 22.2. The predicted molar refractivity (Wildman–Crippen MR) is 126 cm³/mol. The number of hydrogen-bond donors (Lipinski definition) is 1. The quantitative estimate of drug-likeness (QED) is 0.549. The highest BCUT2D eigenvalue weighted by molar-refractivity contribution is 7.10. The van der Waals surface area contributed by atoms with E-state index in [1.54, 1.807) is 23.5 Å². The van der Waals surface area contributed by atoms with Gasteiger partial charge in [-0.1, -0.05) is 36.4 Å². The minimum Gasteiger partial charge on any atom is -0.367 e. The Morgan fingerprint density at radius 3 is 2.41 bits per heavy atom. The number of anilines is 1. The van der Waals surface area contributed by atoms with Gasteiger partial charge in [0.25, 0.3) is 0 Å². The third-order valence-corrected chi connectivity index (χ3v) is 6.64. The standard InChI is InChI=1S/C25H26FN3O2S/c1-18(30)20-9-10-22(21(26)16-20)29-13-11-28(12-14-29)17-24(31)27-25(23-8-5-15-32-23)19-6-3-2-4-7-19/h2-10,15-16,25H,11-14,17H2,1H3,(H,27,31)/t25-/m0/s1. The Morgan fingerprint density at radius 2 is 1.78 bits per heavy atom. The molecule has 1 N–H and O–H groups in total. The van der Waals surface area contributed by atoms with Crippen molar-refractivity contribution in [3.05, 3.63) is 87.9 Å². The van der Waals surface area contributed by atoms with Crippen molar-refractivity contribution in [2.45, 2.75) is 13.0 Å². The Morgan fingerprint density at radius 1 is 1.03 bits per heavy atom. The molecular formula is C25H26FN3O2S. The maximum atomic E-state index is 14.5. The average Bonchev–Trinajstić information content (AvgIpc) is 3.33. The molecule has 5 nitrogen and oxygen atoms in total. The molecule has 0 saturated carbocycles. The summed E-state index contributed by atoms with van der Waals surface area (Å²) in [6, 6.07) is 18.4. The first-order chi connectivity index (χ1) is 15.5. The molecule has 1 atom stereocenters. The van der Waals surface area contributed by atoms with Gasteiger partial charge in [-0.15, -0.1) is 11.3 Å². The number of ketones is 1. The summed E-state index contributed by atoms with van der Waals surface area (Å²) in [6.07, 6.45) is 0. The van der Waals surface area contributed by atoms with E-state index in [0.717, 1.165) is 10.4 Å². The molecule has 166 valence electrons. The van der Waals surface area contributed by atoms with E-state index in [1.165, 1.54) is 13.0 Å². The topological polar surface area (TPSA) is 52.7 Å². The van der Waals surface area contributed by atoms with E-state index in [0.29, 0.717) is 44.0 Å². The molecule has 1 aromatic heterocycles. The van der Waals surface area contributed by atoms with Gasteiger partial charge in [0.15, 0.2) is 5.78 Å². The maximum Gasteiger partial charge on any atom is 0.234 e. The molecule has 0 spiro atoms. The molecule has 2 heterocycles. The van der Waals surface area contributed by atoms with E-state index in [4.69, 9.17) is 0 Å². The molecule has 1 aliphatic rings. The number of hydrogen-bond acceptors (Lipinski definition) is 5. The van der Waals surface area contributed by atoms with Gasteiger partial charge in [-0.25, -0.2) is 4.39 Å². The Hall–Kier alpha value is -3.03. The number of nitrogens with one attached hydrogen (secondary N) is 1. The van der Waals surface area contributed by atoms with Crippen LogP contribution in [0.1, 0.15) is 33.8 Å². The number of nitrogens with zero attached hydrogens (tertiary/aromatic N) is 2. The fourth-order valence-electron chi connectivity index (χ4n) is 3.96. The summed E-state index contributed by atoms with van der Waals surface area (Å²) in [4.78, 5) is 29.4. The van der Waals surface area contributed by atoms with Crippen LogP contribution in [0.15, 0.2) is 66.0 Å². The highest BCUT2D eigenvalue weighted by Crippen LogP contribution is 2.26. The van der Waals surface area contributed by atoms with Gasteiger partial charge < -0.3 is 10.2 Å². The largest absolute Gasteiger partial charge is 0.367 e. The minimum absolute atomic E-state index is 0.0299. The summed E-state index contributed by atoms with van der Waals surface area (Å²) < 4.78 is 14.5. The van der Waals surface area contributed by atoms with Crippen LogP contribution in [0.3, 0.4) is 0 Å². The number of rotatable bonds is 7. The summed E-state index contributed by atoms with van der Waals surface area (Å²) in [5.41, 5.74) is 1.93. The average molecular weight is 452 g/mol. The molecule has 7 heteroatoms. The van der Waals surface area contributed by atoms with Gasteiger partial charge in [-0.3, -0.25) is 14.5 Å². The lowest BCUT2D eigenvalue weighted by atomic mass is 10.1. The smallest absolute Gasteiger partial charge is 0.234 e. The molecule has 0 radical (unpaired) electrons. The lowest BCUT2D eigenvalue weighted by molar-refractivity contribution is -0.122. The van der Waals surface area contributed by atoms with Gasteiger partial charge >= 0.3 is 0 Å². The van der Waals surface area contributed by atoms with Crippen molar-refractivity contribution >= 4 is 28.7 Å². The number of halogens is 1. The summed E-state index contributed by atoms with van der Waals surface area (Å²) >= 11 is 1.62. The van der Waals surface area contributed by atoms with Crippen molar-refractivity contribution in [2.24, 2.45) is 0 Å². The van der Waals surface area contributed by atoms with Gasteiger partial charge in [0.2, 0.25) is 5.91 Å². The number of benzene rings is 2. The minimum atomic E-state index is -0.384. The lowest BCUT2D eigenvalue weighted by Crippen LogP contribution is -2.50. The number of carbonyl (C=O) groups is 2. The summed E-state index contributed by atoms with van der Waals surface area (Å²) in [5.74, 6) is -0.564. The Labute approximate surface area is 191 Å². The van der Waals surface area contributed by atoms with Crippen LogP contribution in [0.5, 0.6) is 0 Å². The highest BCUT2D eigenvalue weighted by Gasteiger charge is 2.23. The third-order valence-electron chi connectivity index (χ3n) is 5.70. The zero-order valence-electron chi connectivity index (χ0n) is 18.0. The Kier molecular flexibility index (Phi) is 6.97. The number of carbonyl (C=O) groups excluding carboxylic acids is 2. The molecule has 3 aromatic rings. The molecule has 0 bridgehead atoms. The van der Waals surface area contributed by atoms with Crippen molar-refractivity contribution in [1.29, 1.82) is 0 Å². The molecule has 4 rings (SSSR count). The summed E-state index contributed by atoms with van der Waals surface area (Å²) in [6.45, 7) is 4.30. The van der Waals surface area contributed by atoms with Crippen LogP contribution >= 0.6 is 11.3 Å². The SMILES string of the molecule is CC(=O)c1ccc(N2CCN(CC(=O)N[C@@H](c3ccccc3)c3cccs3)CC2)c(F)c1. The van der Waals surface area contributed by atoms with Crippen molar-refractivity contribution in [3.63, 3.8) is 0 Å². The van der Waals surface area contributed by atoms with E-state index >= 15 is 0 Å². The molecule has 1 fully saturated rings. The monoisotopic (exact) mass is 451 g/mol. The molecule has 0 unspecified atom stereocenters. The molecule has 1 aliphatic heterocycles. The predicted octanol–water partition coefficient (Wildman–Crippen LogP) is 4.12. The van der Waals surface area contributed by atoms with E-state index in [2.05, 4.69) is 10.2 Å². The molecule has 1 amide bonds. The van der Waals surface area contributed by atoms with E-state index in [-0.39, 0.29) is 23.5 Å². The fraction of sp³-hybridized carbons (Fsp3) is 0.280. The Balaban J connectivity index is 1.35. The van der Waals surface area contributed by atoms with Crippen LogP contribution in [0.2, 0.25) is 0 Å². The molecule has 32 heavy (non-hydrogen) atoms. The van der Waals surface area contributed by atoms with E-state index < -0.39 is 0 Å². The fourth-order valence-corrected chi connectivity index (χ4v) is 4.76.